The van der Waals surface area contributed by atoms with E-state index in [4.69, 9.17) is 14.2 Å². The van der Waals surface area contributed by atoms with Crippen molar-refractivity contribution >= 4 is 11.9 Å². The lowest BCUT2D eigenvalue weighted by Gasteiger charge is -2.18. The molecule has 0 rings (SSSR count). The maximum atomic E-state index is 12.8. The average Bonchev–Trinajstić information content (AvgIpc) is 3.27. The highest BCUT2D eigenvalue weighted by molar-refractivity contribution is 5.70. The molecule has 0 aliphatic heterocycles. The fourth-order valence-corrected chi connectivity index (χ4v) is 8.12. The summed E-state index contributed by atoms with van der Waals surface area (Å²) in [6, 6.07) is 0. The van der Waals surface area contributed by atoms with E-state index in [0.29, 0.717) is 19.4 Å². The van der Waals surface area contributed by atoms with Gasteiger partial charge >= 0.3 is 11.9 Å². The molecule has 0 spiro atoms. The number of ether oxygens (including phenoxy) is 3. The number of rotatable bonds is 51. The molecule has 0 heterocycles. The maximum absolute atomic E-state index is 12.8. The molecule has 0 aromatic heterocycles. The first-order chi connectivity index (χ1) is 30.6. The monoisotopic (exact) mass is 871 g/mol. The van der Waals surface area contributed by atoms with Crippen LogP contribution in [-0.2, 0) is 23.8 Å². The molecule has 1 atom stereocenters. The molecule has 0 radical (unpaired) electrons. The third kappa shape index (κ3) is 50.8. The Balaban J connectivity index is 4.23. The van der Waals surface area contributed by atoms with Crippen molar-refractivity contribution < 1.29 is 23.8 Å². The number of esters is 2. The Morgan fingerprint density at radius 3 is 1.16 bits per heavy atom. The molecule has 0 aliphatic carbocycles. The van der Waals surface area contributed by atoms with Crippen LogP contribution in [0.25, 0.3) is 0 Å². The molecular formula is C57H106O5. The summed E-state index contributed by atoms with van der Waals surface area (Å²) >= 11 is 0. The zero-order chi connectivity index (χ0) is 44.9. The van der Waals surface area contributed by atoms with Gasteiger partial charge in [0.05, 0.1) is 6.61 Å². The average molecular weight is 871 g/mol. The minimum atomic E-state index is -0.545. The number of hydrogen-bond donors (Lipinski definition) is 0. The maximum Gasteiger partial charge on any atom is 0.306 e. The summed E-state index contributed by atoms with van der Waals surface area (Å²) in [5.41, 5.74) is 0. The minimum absolute atomic E-state index is 0.0800. The Kier molecular flexibility index (Phi) is 51.8. The summed E-state index contributed by atoms with van der Waals surface area (Å²) < 4.78 is 17.4. The van der Waals surface area contributed by atoms with Gasteiger partial charge in [0, 0.05) is 19.4 Å². The van der Waals surface area contributed by atoms with Crippen LogP contribution >= 0.6 is 0 Å². The van der Waals surface area contributed by atoms with Gasteiger partial charge in [0.1, 0.15) is 6.61 Å². The van der Waals surface area contributed by atoms with Crippen LogP contribution in [0.15, 0.2) is 36.5 Å². The topological polar surface area (TPSA) is 61.8 Å². The molecule has 0 amide bonds. The molecule has 62 heavy (non-hydrogen) atoms. The van der Waals surface area contributed by atoms with Crippen LogP contribution in [0.5, 0.6) is 0 Å². The molecule has 0 saturated carbocycles. The van der Waals surface area contributed by atoms with Crippen molar-refractivity contribution in [2.24, 2.45) is 0 Å². The van der Waals surface area contributed by atoms with Gasteiger partial charge < -0.3 is 14.2 Å². The van der Waals surface area contributed by atoms with Crippen LogP contribution in [0.1, 0.15) is 290 Å². The summed E-state index contributed by atoms with van der Waals surface area (Å²) in [4.78, 5) is 25.4. The molecule has 0 bridgehead atoms. The lowest BCUT2D eigenvalue weighted by Crippen LogP contribution is -2.30. The molecule has 1 unspecified atom stereocenters. The first-order valence-corrected chi connectivity index (χ1v) is 27.5. The second kappa shape index (κ2) is 53.5. The number of carbonyl (C=O) groups is 2. The van der Waals surface area contributed by atoms with Crippen LogP contribution in [-0.4, -0.2) is 37.9 Å². The zero-order valence-corrected chi connectivity index (χ0v) is 41.9. The summed E-state index contributed by atoms with van der Waals surface area (Å²) in [7, 11) is 0. The normalized spacial score (nSPS) is 12.4. The van der Waals surface area contributed by atoms with Gasteiger partial charge in [-0.1, -0.05) is 263 Å². The predicted molar refractivity (Wildman–Crippen MR) is 270 cm³/mol. The Labute approximate surface area is 387 Å². The molecule has 364 valence electrons. The standard InChI is InChI=1S/C57H106O5/c1-4-7-10-13-16-19-22-25-27-29-30-33-35-38-41-44-47-50-56(58)61-54-55(62-57(59)51-48-45-42-39-36-32-24-21-18-15-12-9-6-3)53-60-52-49-46-43-40-37-34-31-28-26-23-20-17-14-11-8-5-2/h9,12,18,21,32,36,55H,4-8,10-11,13-17,19-20,22-31,33-35,37-54H2,1-3H3/b12-9-,21-18-,36-32-. The van der Waals surface area contributed by atoms with E-state index in [1.165, 1.54) is 193 Å². The van der Waals surface area contributed by atoms with Crippen molar-refractivity contribution in [3.63, 3.8) is 0 Å². The third-order valence-electron chi connectivity index (χ3n) is 12.2. The van der Waals surface area contributed by atoms with Gasteiger partial charge in [-0.2, -0.15) is 0 Å². The Bertz CT molecular complexity index is 986. The number of carbonyl (C=O) groups excluding carboxylic acids is 2. The summed E-state index contributed by atoms with van der Waals surface area (Å²) in [5.74, 6) is -0.412. The summed E-state index contributed by atoms with van der Waals surface area (Å²) in [6.45, 7) is 7.74. The van der Waals surface area contributed by atoms with Crippen LogP contribution < -0.4 is 0 Å². The van der Waals surface area contributed by atoms with Gasteiger partial charge in [-0.25, -0.2) is 0 Å². The van der Waals surface area contributed by atoms with Gasteiger partial charge in [0.2, 0.25) is 0 Å². The van der Waals surface area contributed by atoms with E-state index in [-0.39, 0.29) is 25.2 Å². The Morgan fingerprint density at radius 1 is 0.371 bits per heavy atom. The number of unbranched alkanes of at least 4 members (excludes halogenated alkanes) is 34. The van der Waals surface area contributed by atoms with Gasteiger partial charge in [-0.15, -0.1) is 0 Å². The van der Waals surface area contributed by atoms with Crippen LogP contribution in [0.4, 0.5) is 0 Å². The first-order valence-electron chi connectivity index (χ1n) is 27.5. The van der Waals surface area contributed by atoms with Crippen LogP contribution in [0.2, 0.25) is 0 Å². The van der Waals surface area contributed by atoms with E-state index >= 15 is 0 Å². The van der Waals surface area contributed by atoms with Gasteiger partial charge in [0.25, 0.3) is 0 Å². The molecule has 0 aromatic rings. The van der Waals surface area contributed by atoms with Crippen LogP contribution in [0.3, 0.4) is 0 Å². The molecule has 0 fully saturated rings. The van der Waals surface area contributed by atoms with Crippen molar-refractivity contribution in [1.29, 1.82) is 0 Å². The zero-order valence-electron chi connectivity index (χ0n) is 41.9. The highest BCUT2D eigenvalue weighted by atomic mass is 16.6. The van der Waals surface area contributed by atoms with Crippen molar-refractivity contribution in [3.05, 3.63) is 36.5 Å². The Morgan fingerprint density at radius 2 is 0.726 bits per heavy atom. The molecule has 5 nitrogen and oxygen atoms in total. The second-order valence-electron chi connectivity index (χ2n) is 18.5. The van der Waals surface area contributed by atoms with Crippen molar-refractivity contribution in [2.75, 3.05) is 19.8 Å². The molecule has 0 aliphatic rings. The van der Waals surface area contributed by atoms with E-state index in [9.17, 15) is 9.59 Å². The van der Waals surface area contributed by atoms with E-state index in [0.717, 1.165) is 64.2 Å². The van der Waals surface area contributed by atoms with Gasteiger partial charge in [-0.05, 0) is 51.4 Å². The smallest absolute Gasteiger partial charge is 0.306 e. The van der Waals surface area contributed by atoms with Crippen molar-refractivity contribution in [1.82, 2.24) is 0 Å². The van der Waals surface area contributed by atoms with E-state index in [2.05, 4.69) is 57.2 Å². The van der Waals surface area contributed by atoms with Crippen molar-refractivity contribution in [2.45, 2.75) is 297 Å². The fourth-order valence-electron chi connectivity index (χ4n) is 8.12. The lowest BCUT2D eigenvalue weighted by atomic mass is 10.0. The van der Waals surface area contributed by atoms with Crippen molar-refractivity contribution in [3.8, 4) is 0 Å². The largest absolute Gasteiger partial charge is 0.462 e. The number of allylic oxidation sites excluding steroid dienone is 6. The van der Waals surface area contributed by atoms with Crippen LogP contribution in [0, 0.1) is 0 Å². The van der Waals surface area contributed by atoms with E-state index in [1.807, 2.05) is 0 Å². The fraction of sp³-hybridized carbons (Fsp3) is 0.860. The first kappa shape index (κ1) is 60.1. The predicted octanol–water partition coefficient (Wildman–Crippen LogP) is 18.6. The van der Waals surface area contributed by atoms with E-state index < -0.39 is 6.10 Å². The van der Waals surface area contributed by atoms with E-state index in [1.54, 1.807) is 0 Å². The highest BCUT2D eigenvalue weighted by Crippen LogP contribution is 2.16. The van der Waals surface area contributed by atoms with Gasteiger partial charge in [-0.3, -0.25) is 9.59 Å². The molecular weight excluding hydrogens is 765 g/mol. The summed E-state index contributed by atoms with van der Waals surface area (Å²) in [6.07, 6.45) is 64.5. The SMILES string of the molecule is CC/C=C\C/C=C\C/C=C\CCCCCC(=O)OC(COCCCCCCCCCCCCCCCCCC)COC(=O)CCCCCCCCCCCCCCCCCCC. The lowest BCUT2D eigenvalue weighted by molar-refractivity contribution is -0.163. The molecule has 0 aromatic carbocycles. The summed E-state index contributed by atoms with van der Waals surface area (Å²) in [5, 5.41) is 0. The Hall–Kier alpha value is -1.88. The number of hydrogen-bond acceptors (Lipinski definition) is 5. The quantitative estimate of drug-likeness (QED) is 0.0346. The van der Waals surface area contributed by atoms with Gasteiger partial charge in [0.15, 0.2) is 6.10 Å². The third-order valence-corrected chi connectivity index (χ3v) is 12.2. The minimum Gasteiger partial charge on any atom is -0.462 e. The molecule has 5 heteroatoms. The molecule has 0 saturated heterocycles. The molecule has 0 N–H and O–H groups in total. The second-order valence-corrected chi connectivity index (χ2v) is 18.5. The highest BCUT2D eigenvalue weighted by Gasteiger charge is 2.17.